The van der Waals surface area contributed by atoms with E-state index in [1.807, 2.05) is 63.2 Å². The van der Waals surface area contributed by atoms with E-state index in [1.54, 1.807) is 6.08 Å². The largest absolute Gasteiger partial charge is 0.457 e. The zero-order chi connectivity index (χ0) is 15.9. The van der Waals surface area contributed by atoms with Gasteiger partial charge in [0, 0.05) is 17.3 Å². The molecule has 0 saturated carbocycles. The maximum Gasteiger partial charge on any atom is 0.331 e. The minimum atomic E-state index is -0.509. The van der Waals surface area contributed by atoms with Gasteiger partial charge in [-0.1, -0.05) is 36.4 Å². The molecule has 1 aliphatic carbocycles. The maximum absolute atomic E-state index is 12.2. The molecule has 0 spiro atoms. The fraction of sp³-hybridized carbons (Fsp3) is 0.211. The van der Waals surface area contributed by atoms with Crippen molar-refractivity contribution in [2.45, 2.75) is 26.4 Å². The van der Waals surface area contributed by atoms with Crippen molar-refractivity contribution in [3.05, 3.63) is 59.7 Å². The number of anilines is 1. The zero-order valence-electron chi connectivity index (χ0n) is 13.0. The van der Waals surface area contributed by atoms with E-state index in [0.29, 0.717) is 0 Å². The van der Waals surface area contributed by atoms with E-state index in [0.717, 1.165) is 33.5 Å². The Bertz CT molecular complexity index is 782. The Balaban J connectivity index is 2.14. The number of ether oxygens (including phenoxy) is 1. The van der Waals surface area contributed by atoms with Gasteiger partial charge in [0.1, 0.15) is 5.60 Å². The normalized spacial score (nSPS) is 14.6. The van der Waals surface area contributed by atoms with Crippen molar-refractivity contribution < 1.29 is 9.53 Å². The predicted octanol–water partition coefficient (Wildman–Crippen LogP) is 4.02. The van der Waals surface area contributed by atoms with Gasteiger partial charge in [-0.05, 0) is 49.1 Å². The average molecular weight is 293 g/mol. The van der Waals surface area contributed by atoms with Crippen molar-refractivity contribution in [1.29, 1.82) is 0 Å². The highest BCUT2D eigenvalue weighted by Gasteiger charge is 2.26. The Hall–Kier alpha value is -2.55. The van der Waals surface area contributed by atoms with E-state index in [9.17, 15) is 4.79 Å². The molecule has 3 rings (SSSR count). The molecule has 0 amide bonds. The molecular weight excluding hydrogens is 274 g/mol. The number of carbonyl (C=O) groups is 1. The highest BCUT2D eigenvalue weighted by Crippen LogP contribution is 2.46. The standard InChI is InChI=1S/C19H19NO2/c1-19(2,3)22-17(21)11-15-12-7-4-5-8-13(12)18-14(15)9-6-10-16(18)20/h4-11H,20H2,1-3H3/b15-11-. The molecule has 2 aromatic carbocycles. The third-order valence-corrected chi connectivity index (χ3v) is 3.54. The molecule has 0 radical (unpaired) electrons. The van der Waals surface area contributed by atoms with E-state index in [-0.39, 0.29) is 5.97 Å². The Morgan fingerprint density at radius 2 is 1.64 bits per heavy atom. The molecule has 0 fully saturated rings. The van der Waals surface area contributed by atoms with Crippen LogP contribution in [0.1, 0.15) is 31.9 Å². The van der Waals surface area contributed by atoms with Crippen LogP contribution in [0.4, 0.5) is 5.69 Å². The predicted molar refractivity (Wildman–Crippen MR) is 89.2 cm³/mol. The van der Waals surface area contributed by atoms with Crippen LogP contribution in [0, 0.1) is 0 Å². The average Bonchev–Trinajstić information content (AvgIpc) is 2.73. The number of esters is 1. The van der Waals surface area contributed by atoms with Crippen LogP contribution in [-0.4, -0.2) is 11.6 Å². The Morgan fingerprint density at radius 1 is 1.00 bits per heavy atom. The van der Waals surface area contributed by atoms with Crippen LogP contribution < -0.4 is 5.73 Å². The lowest BCUT2D eigenvalue weighted by Crippen LogP contribution is -2.22. The quantitative estimate of drug-likeness (QED) is 0.419. The highest BCUT2D eigenvalue weighted by molar-refractivity contribution is 6.09. The highest BCUT2D eigenvalue weighted by atomic mass is 16.6. The smallest absolute Gasteiger partial charge is 0.331 e. The van der Waals surface area contributed by atoms with Gasteiger partial charge in [0.15, 0.2) is 0 Å². The molecule has 3 nitrogen and oxygen atoms in total. The first-order chi connectivity index (χ1) is 10.4. The summed E-state index contributed by atoms with van der Waals surface area (Å²) in [7, 11) is 0. The van der Waals surface area contributed by atoms with E-state index >= 15 is 0 Å². The molecule has 112 valence electrons. The van der Waals surface area contributed by atoms with Gasteiger partial charge in [-0.3, -0.25) is 0 Å². The van der Waals surface area contributed by atoms with Crippen LogP contribution in [-0.2, 0) is 9.53 Å². The minimum Gasteiger partial charge on any atom is -0.457 e. The van der Waals surface area contributed by atoms with E-state index < -0.39 is 5.60 Å². The molecule has 0 atom stereocenters. The lowest BCUT2D eigenvalue weighted by Gasteiger charge is -2.18. The second-order valence-corrected chi connectivity index (χ2v) is 6.41. The Morgan fingerprint density at radius 3 is 2.32 bits per heavy atom. The van der Waals surface area contributed by atoms with Crippen molar-refractivity contribution in [2.24, 2.45) is 0 Å². The zero-order valence-corrected chi connectivity index (χ0v) is 13.0. The van der Waals surface area contributed by atoms with Crippen LogP contribution >= 0.6 is 0 Å². The number of nitrogens with two attached hydrogens (primary N) is 1. The molecule has 0 heterocycles. The second-order valence-electron chi connectivity index (χ2n) is 6.41. The van der Waals surface area contributed by atoms with Gasteiger partial charge in [0.05, 0.1) is 0 Å². The van der Waals surface area contributed by atoms with Crippen LogP contribution in [0.3, 0.4) is 0 Å². The molecule has 0 bridgehead atoms. The minimum absolute atomic E-state index is 0.340. The lowest BCUT2D eigenvalue weighted by atomic mass is 10.0. The van der Waals surface area contributed by atoms with Crippen molar-refractivity contribution >= 4 is 17.2 Å². The number of benzene rings is 2. The van der Waals surface area contributed by atoms with Crippen LogP contribution in [0.25, 0.3) is 16.7 Å². The number of carbonyl (C=O) groups excluding carboxylic acids is 1. The molecule has 1 aliphatic rings. The fourth-order valence-electron chi connectivity index (χ4n) is 2.78. The van der Waals surface area contributed by atoms with Crippen molar-refractivity contribution in [2.75, 3.05) is 5.73 Å². The summed E-state index contributed by atoms with van der Waals surface area (Å²) in [6.45, 7) is 5.58. The topological polar surface area (TPSA) is 52.3 Å². The number of hydrogen-bond acceptors (Lipinski definition) is 3. The number of rotatable bonds is 1. The fourth-order valence-corrected chi connectivity index (χ4v) is 2.78. The summed E-state index contributed by atoms with van der Waals surface area (Å²) in [5.74, 6) is -0.340. The molecular formula is C19H19NO2. The number of nitrogen functional groups attached to an aromatic ring is 1. The summed E-state index contributed by atoms with van der Waals surface area (Å²) in [4.78, 5) is 12.2. The summed E-state index contributed by atoms with van der Waals surface area (Å²) in [6.07, 6.45) is 1.56. The summed E-state index contributed by atoms with van der Waals surface area (Å²) in [5.41, 5.74) is 11.3. The Kier molecular flexibility index (Phi) is 3.28. The van der Waals surface area contributed by atoms with Crippen molar-refractivity contribution in [1.82, 2.24) is 0 Å². The SMILES string of the molecule is CC(C)(C)OC(=O)/C=C1/c2ccccc2-c2c(N)cccc21. The lowest BCUT2D eigenvalue weighted by molar-refractivity contribution is -0.148. The van der Waals surface area contributed by atoms with E-state index in [4.69, 9.17) is 10.5 Å². The van der Waals surface area contributed by atoms with Gasteiger partial charge in [-0.15, -0.1) is 0 Å². The van der Waals surface area contributed by atoms with Crippen molar-refractivity contribution in [3.8, 4) is 11.1 Å². The van der Waals surface area contributed by atoms with Crippen LogP contribution in [0.2, 0.25) is 0 Å². The van der Waals surface area contributed by atoms with Gasteiger partial charge in [-0.25, -0.2) is 4.79 Å². The number of fused-ring (bicyclic) bond motifs is 3. The summed E-state index contributed by atoms with van der Waals surface area (Å²) >= 11 is 0. The first-order valence-electron chi connectivity index (χ1n) is 7.30. The maximum atomic E-state index is 12.2. The second kappa shape index (κ2) is 5.02. The molecule has 2 N–H and O–H groups in total. The van der Waals surface area contributed by atoms with Crippen LogP contribution in [0.15, 0.2) is 48.5 Å². The molecule has 0 aliphatic heterocycles. The Labute approximate surface area is 130 Å². The summed E-state index contributed by atoms with van der Waals surface area (Å²) in [6, 6.07) is 13.7. The first-order valence-corrected chi connectivity index (χ1v) is 7.30. The van der Waals surface area contributed by atoms with Gasteiger partial charge >= 0.3 is 5.97 Å². The van der Waals surface area contributed by atoms with Gasteiger partial charge in [-0.2, -0.15) is 0 Å². The molecule has 0 aromatic heterocycles. The summed E-state index contributed by atoms with van der Waals surface area (Å²) < 4.78 is 5.41. The molecule has 0 unspecified atom stereocenters. The van der Waals surface area contributed by atoms with Gasteiger partial charge in [0.25, 0.3) is 0 Å². The van der Waals surface area contributed by atoms with Crippen molar-refractivity contribution in [3.63, 3.8) is 0 Å². The van der Waals surface area contributed by atoms with Crippen LogP contribution in [0.5, 0.6) is 0 Å². The van der Waals surface area contributed by atoms with E-state index in [2.05, 4.69) is 0 Å². The molecule has 2 aromatic rings. The van der Waals surface area contributed by atoms with Gasteiger partial charge in [0.2, 0.25) is 0 Å². The third kappa shape index (κ3) is 2.50. The number of hydrogen-bond donors (Lipinski definition) is 1. The molecule has 22 heavy (non-hydrogen) atoms. The first kappa shape index (κ1) is 14.4. The summed E-state index contributed by atoms with van der Waals surface area (Å²) in [5, 5.41) is 0. The monoisotopic (exact) mass is 293 g/mol. The third-order valence-electron chi connectivity index (χ3n) is 3.54. The molecule has 0 saturated heterocycles. The van der Waals surface area contributed by atoms with Gasteiger partial charge < -0.3 is 10.5 Å². The van der Waals surface area contributed by atoms with E-state index in [1.165, 1.54) is 0 Å². The molecule has 3 heteroatoms.